The molecule has 0 spiro atoms. The van der Waals surface area contributed by atoms with E-state index in [-0.39, 0.29) is 0 Å². The van der Waals surface area contributed by atoms with Gasteiger partial charge in [0.05, 0.1) is 6.54 Å². The summed E-state index contributed by atoms with van der Waals surface area (Å²) in [5.74, 6) is 0.303. The Morgan fingerprint density at radius 2 is 2.29 bits per heavy atom. The molecule has 3 rings (SSSR count). The lowest BCUT2D eigenvalue weighted by molar-refractivity contribution is 0.0972. The second-order valence-electron chi connectivity index (χ2n) is 4.31. The Balaban J connectivity index is 1.91. The number of rotatable bonds is 2. The molecular weight excluding hydrogens is 298 g/mol. The van der Waals surface area contributed by atoms with Gasteiger partial charge in [0, 0.05) is 38.6 Å². The third-order valence-corrected chi connectivity index (χ3v) is 4.83. The maximum Gasteiger partial charge on any atom is 0.164 e. The molecule has 0 unspecified atom stereocenters. The van der Waals surface area contributed by atoms with Crippen LogP contribution in [-0.2, 0) is 13.0 Å². The zero-order chi connectivity index (χ0) is 11.8. The van der Waals surface area contributed by atoms with E-state index in [2.05, 4.69) is 31.9 Å². The second-order valence-corrected chi connectivity index (χ2v) is 6.22. The number of ketones is 1. The predicted molar refractivity (Wildman–Crippen MR) is 72.8 cm³/mol. The maximum absolute atomic E-state index is 11.7. The van der Waals surface area contributed by atoms with E-state index in [0.717, 1.165) is 29.4 Å². The van der Waals surface area contributed by atoms with Crippen LogP contribution in [0.15, 0.2) is 28.2 Å². The maximum atomic E-state index is 11.7. The summed E-state index contributed by atoms with van der Waals surface area (Å²) in [6.07, 6.45) is 4.77. The lowest BCUT2D eigenvalue weighted by Crippen LogP contribution is -2.13. The van der Waals surface area contributed by atoms with Crippen molar-refractivity contribution >= 4 is 33.0 Å². The summed E-state index contributed by atoms with van der Waals surface area (Å²) < 4.78 is 3.35. The monoisotopic (exact) mass is 309 g/mol. The number of hydrogen-bond acceptors (Lipinski definition) is 2. The van der Waals surface area contributed by atoms with Crippen LogP contribution >= 0.6 is 27.3 Å². The topological polar surface area (TPSA) is 22.0 Å². The number of thiophene rings is 1. The second kappa shape index (κ2) is 4.42. The van der Waals surface area contributed by atoms with Gasteiger partial charge in [-0.1, -0.05) is 0 Å². The third kappa shape index (κ3) is 2.11. The van der Waals surface area contributed by atoms with Gasteiger partial charge >= 0.3 is 0 Å². The summed E-state index contributed by atoms with van der Waals surface area (Å²) >= 11 is 5.21. The molecule has 2 heterocycles. The van der Waals surface area contributed by atoms with Crippen molar-refractivity contribution in [1.29, 1.82) is 0 Å². The molecule has 0 fully saturated rings. The molecule has 4 heteroatoms. The molecule has 0 atom stereocenters. The van der Waals surface area contributed by atoms with E-state index in [1.165, 1.54) is 10.6 Å². The third-order valence-electron chi connectivity index (χ3n) is 3.14. The lowest BCUT2D eigenvalue weighted by Gasteiger charge is -2.14. The molecule has 2 aromatic heterocycles. The van der Waals surface area contributed by atoms with Gasteiger partial charge in [-0.25, -0.2) is 0 Å². The van der Waals surface area contributed by atoms with Gasteiger partial charge in [-0.3, -0.25) is 4.79 Å². The number of fused-ring (bicyclic) bond motifs is 1. The quantitative estimate of drug-likeness (QED) is 0.825. The normalized spacial score (nSPS) is 15.0. The van der Waals surface area contributed by atoms with Crippen LogP contribution < -0.4 is 0 Å². The fourth-order valence-corrected chi connectivity index (χ4v) is 3.79. The van der Waals surface area contributed by atoms with Crippen LogP contribution in [0.5, 0.6) is 0 Å². The van der Waals surface area contributed by atoms with Crippen LogP contribution in [0.25, 0.3) is 0 Å². The first-order valence-electron chi connectivity index (χ1n) is 5.68. The minimum absolute atomic E-state index is 0.303. The Morgan fingerprint density at radius 1 is 1.41 bits per heavy atom. The van der Waals surface area contributed by atoms with Crippen molar-refractivity contribution in [2.45, 2.75) is 25.8 Å². The van der Waals surface area contributed by atoms with Crippen molar-refractivity contribution in [2.75, 3.05) is 0 Å². The standard InChI is InChI=1S/C13H12BrNOS/c14-9-6-10(17-8-9)7-15-5-4-11-12(15)2-1-3-13(11)16/h4-6,8H,1-3,7H2. The van der Waals surface area contributed by atoms with Crippen LogP contribution in [0.2, 0.25) is 0 Å². The highest BCUT2D eigenvalue weighted by atomic mass is 79.9. The average molecular weight is 310 g/mol. The Morgan fingerprint density at radius 3 is 3.06 bits per heavy atom. The summed E-state index contributed by atoms with van der Waals surface area (Å²) in [6.45, 7) is 0.874. The molecule has 0 aliphatic heterocycles. The SMILES string of the molecule is O=C1CCCc2c1ccn2Cc1cc(Br)cs1. The number of Topliss-reactive ketones (excluding diaryl/α,β-unsaturated/α-hetero) is 1. The molecule has 1 aliphatic rings. The zero-order valence-electron chi connectivity index (χ0n) is 9.28. The first-order chi connectivity index (χ1) is 8.24. The molecule has 0 saturated carbocycles. The van der Waals surface area contributed by atoms with Gasteiger partial charge in [-0.05, 0) is 40.9 Å². The van der Waals surface area contributed by atoms with E-state index in [1.807, 2.05) is 12.3 Å². The predicted octanol–water partition coefficient (Wildman–Crippen LogP) is 3.88. The molecule has 1 aliphatic carbocycles. The highest BCUT2D eigenvalue weighted by Crippen LogP contribution is 2.25. The van der Waals surface area contributed by atoms with E-state index in [9.17, 15) is 4.79 Å². The van der Waals surface area contributed by atoms with Gasteiger partial charge in [0.2, 0.25) is 0 Å². The molecule has 0 N–H and O–H groups in total. The highest BCUT2D eigenvalue weighted by Gasteiger charge is 2.20. The first kappa shape index (κ1) is 11.2. The smallest absolute Gasteiger partial charge is 0.164 e. The van der Waals surface area contributed by atoms with E-state index >= 15 is 0 Å². The Bertz CT molecular complexity index is 570. The van der Waals surface area contributed by atoms with Crippen LogP contribution in [0, 0.1) is 0 Å². The number of aromatic nitrogens is 1. The Hall–Kier alpha value is -0.870. The van der Waals surface area contributed by atoms with Gasteiger partial charge in [0.15, 0.2) is 5.78 Å². The largest absolute Gasteiger partial charge is 0.346 e. The minimum atomic E-state index is 0.303. The zero-order valence-corrected chi connectivity index (χ0v) is 11.7. The van der Waals surface area contributed by atoms with Crippen LogP contribution in [0.3, 0.4) is 0 Å². The van der Waals surface area contributed by atoms with Gasteiger partial charge in [-0.2, -0.15) is 0 Å². The molecule has 0 saturated heterocycles. The lowest BCUT2D eigenvalue weighted by atomic mass is 9.97. The van der Waals surface area contributed by atoms with Crippen molar-refractivity contribution < 1.29 is 4.79 Å². The first-order valence-corrected chi connectivity index (χ1v) is 7.35. The number of carbonyl (C=O) groups excluding carboxylic acids is 1. The van der Waals surface area contributed by atoms with Crippen LogP contribution in [0.4, 0.5) is 0 Å². The van der Waals surface area contributed by atoms with E-state index in [1.54, 1.807) is 11.3 Å². The summed E-state index contributed by atoms with van der Waals surface area (Å²) in [6, 6.07) is 4.11. The van der Waals surface area contributed by atoms with E-state index in [0.29, 0.717) is 12.2 Å². The molecule has 0 amide bonds. The molecule has 0 radical (unpaired) electrons. The number of halogens is 1. The summed E-state index contributed by atoms with van der Waals surface area (Å²) in [5, 5.41) is 2.09. The van der Waals surface area contributed by atoms with Crippen LogP contribution in [-0.4, -0.2) is 10.4 Å². The summed E-state index contributed by atoms with van der Waals surface area (Å²) in [4.78, 5) is 13.1. The van der Waals surface area contributed by atoms with Gasteiger partial charge in [0.25, 0.3) is 0 Å². The fourth-order valence-electron chi connectivity index (χ4n) is 2.34. The van der Waals surface area contributed by atoms with E-state index in [4.69, 9.17) is 0 Å². The fraction of sp³-hybridized carbons (Fsp3) is 0.308. The Labute approximate surface area is 112 Å². The van der Waals surface area contributed by atoms with Crippen molar-refractivity contribution in [1.82, 2.24) is 4.57 Å². The molecule has 17 heavy (non-hydrogen) atoms. The molecular formula is C13H12BrNOS. The van der Waals surface area contributed by atoms with Crippen molar-refractivity contribution in [3.8, 4) is 0 Å². The molecule has 2 nitrogen and oxygen atoms in total. The number of hydrogen-bond donors (Lipinski definition) is 0. The molecule has 0 aromatic carbocycles. The number of carbonyl (C=O) groups is 1. The molecule has 0 bridgehead atoms. The highest BCUT2D eigenvalue weighted by molar-refractivity contribution is 9.10. The van der Waals surface area contributed by atoms with Gasteiger partial charge in [-0.15, -0.1) is 11.3 Å². The number of nitrogens with zero attached hydrogens (tertiary/aromatic N) is 1. The van der Waals surface area contributed by atoms with Crippen molar-refractivity contribution in [2.24, 2.45) is 0 Å². The average Bonchev–Trinajstić information content (AvgIpc) is 2.88. The molecule has 88 valence electrons. The van der Waals surface area contributed by atoms with Crippen LogP contribution in [0.1, 0.15) is 33.8 Å². The summed E-state index contributed by atoms with van der Waals surface area (Å²) in [7, 11) is 0. The minimum Gasteiger partial charge on any atom is -0.346 e. The van der Waals surface area contributed by atoms with E-state index < -0.39 is 0 Å². The van der Waals surface area contributed by atoms with Gasteiger partial charge in [0.1, 0.15) is 0 Å². The van der Waals surface area contributed by atoms with Crippen molar-refractivity contribution in [3.05, 3.63) is 44.3 Å². The van der Waals surface area contributed by atoms with Gasteiger partial charge < -0.3 is 4.57 Å². The Kier molecular flexibility index (Phi) is 2.92. The van der Waals surface area contributed by atoms with Crippen molar-refractivity contribution in [3.63, 3.8) is 0 Å². The summed E-state index contributed by atoms with van der Waals surface area (Å²) in [5.41, 5.74) is 2.15. The molecule has 2 aromatic rings.